The molecule has 0 aliphatic heterocycles. The molecule has 3 nitrogen and oxygen atoms in total. The Hall–Kier alpha value is -3.05. The molecule has 4 heteroatoms. The average molecular weight is 488 g/mol. The van der Waals surface area contributed by atoms with E-state index in [1.54, 1.807) is 12.1 Å². The first-order valence-corrected chi connectivity index (χ1v) is 13.5. The van der Waals surface area contributed by atoms with Crippen LogP contribution in [-0.2, 0) is 0 Å². The summed E-state index contributed by atoms with van der Waals surface area (Å²) in [4.78, 5) is 10.3. The van der Waals surface area contributed by atoms with E-state index in [2.05, 4.69) is 91.0 Å². The van der Waals surface area contributed by atoms with Crippen molar-refractivity contribution in [2.45, 2.75) is 0 Å². The van der Waals surface area contributed by atoms with Gasteiger partial charge in [0.2, 0.25) is 0 Å². The fraction of sp³-hybridized carbons (Fsp3) is 0. The minimum atomic E-state index is -1.98. The number of carboxylic acids is 1. The summed E-state index contributed by atoms with van der Waals surface area (Å²) in [6.45, 7) is 0. The standard InChI is InChI=1S/C7H6O3.3C6H5.Sn/c8-6-4-2-1-3-5(6)7(9)10;3*1-2-4-6-5-3-1;/h1-4,8H,(H,9,10);3*1-5H;. The first-order valence-electron chi connectivity index (χ1n) is 9.21. The van der Waals surface area contributed by atoms with Crippen LogP contribution in [0.25, 0.3) is 0 Å². The summed E-state index contributed by atoms with van der Waals surface area (Å²) in [5, 5.41) is 17.3. The summed E-state index contributed by atoms with van der Waals surface area (Å²) in [6, 6.07) is 38.8. The second-order valence-electron chi connectivity index (χ2n) is 6.30. The topological polar surface area (TPSA) is 57.5 Å². The molecule has 2 N–H and O–H groups in total. The van der Waals surface area contributed by atoms with Gasteiger partial charge in [0.15, 0.2) is 0 Å². The van der Waals surface area contributed by atoms with Crippen LogP contribution in [0.3, 0.4) is 0 Å². The molecule has 0 heterocycles. The molecular formula is C25H21O3Sn. The number of phenols is 1. The van der Waals surface area contributed by atoms with E-state index in [0.717, 1.165) is 0 Å². The Balaban J connectivity index is 0.000000204. The van der Waals surface area contributed by atoms with E-state index in [9.17, 15) is 4.79 Å². The molecule has 4 rings (SSSR count). The molecular weight excluding hydrogens is 467 g/mol. The zero-order valence-corrected chi connectivity index (χ0v) is 18.6. The molecule has 0 amide bonds. The monoisotopic (exact) mass is 489 g/mol. The first-order chi connectivity index (χ1) is 14.2. The maximum atomic E-state index is 10.3. The van der Waals surface area contributed by atoms with Crippen LogP contribution in [0.15, 0.2) is 115 Å². The third-order valence-corrected chi connectivity index (χ3v) is 12.1. The van der Waals surface area contributed by atoms with Gasteiger partial charge in [-0.3, -0.25) is 0 Å². The molecule has 4 aromatic rings. The molecule has 29 heavy (non-hydrogen) atoms. The van der Waals surface area contributed by atoms with Crippen LogP contribution in [0.5, 0.6) is 5.75 Å². The number of carbonyl (C=O) groups is 1. The zero-order valence-electron chi connectivity index (χ0n) is 15.8. The molecule has 0 spiro atoms. The number of hydrogen-bond acceptors (Lipinski definition) is 2. The van der Waals surface area contributed by atoms with Crippen LogP contribution in [0.4, 0.5) is 0 Å². The Kier molecular flexibility index (Phi) is 7.47. The van der Waals surface area contributed by atoms with Crippen LogP contribution >= 0.6 is 0 Å². The molecule has 0 bridgehead atoms. The summed E-state index contributed by atoms with van der Waals surface area (Å²) in [5.41, 5.74) is -0.0671. The van der Waals surface area contributed by atoms with Gasteiger partial charge in [-0.15, -0.1) is 0 Å². The van der Waals surface area contributed by atoms with Gasteiger partial charge >= 0.3 is 127 Å². The van der Waals surface area contributed by atoms with Gasteiger partial charge in [0.25, 0.3) is 0 Å². The molecule has 0 aliphatic rings. The Morgan fingerprint density at radius 1 is 0.552 bits per heavy atom. The van der Waals surface area contributed by atoms with E-state index in [1.165, 1.54) is 22.9 Å². The average Bonchev–Trinajstić information content (AvgIpc) is 2.77. The zero-order chi connectivity index (χ0) is 20.5. The number of aromatic carboxylic acids is 1. The summed E-state index contributed by atoms with van der Waals surface area (Å²) in [6.07, 6.45) is 0. The molecule has 1 radical (unpaired) electrons. The minimum absolute atomic E-state index is 0.0671. The summed E-state index contributed by atoms with van der Waals surface area (Å²) >= 11 is -1.98. The van der Waals surface area contributed by atoms with Crippen molar-refractivity contribution in [3.8, 4) is 5.75 Å². The fourth-order valence-corrected chi connectivity index (χ4v) is 10.3. The third-order valence-electron chi connectivity index (χ3n) is 4.32. The Morgan fingerprint density at radius 2 is 0.897 bits per heavy atom. The molecule has 143 valence electrons. The number of rotatable bonds is 4. The van der Waals surface area contributed by atoms with Crippen molar-refractivity contribution in [2.75, 3.05) is 0 Å². The summed E-state index contributed by atoms with van der Waals surface area (Å²) in [5.74, 6) is -1.31. The molecule has 4 aromatic carbocycles. The van der Waals surface area contributed by atoms with Crippen molar-refractivity contribution >= 4 is 36.5 Å². The van der Waals surface area contributed by atoms with Crippen molar-refractivity contribution in [3.05, 3.63) is 121 Å². The van der Waals surface area contributed by atoms with Crippen molar-refractivity contribution in [1.82, 2.24) is 0 Å². The number of hydrogen-bond donors (Lipinski definition) is 2. The van der Waals surface area contributed by atoms with Crippen molar-refractivity contribution in [3.63, 3.8) is 0 Å². The Morgan fingerprint density at radius 3 is 1.21 bits per heavy atom. The summed E-state index contributed by atoms with van der Waals surface area (Å²) in [7, 11) is 0. The molecule has 0 atom stereocenters. The van der Waals surface area contributed by atoms with Gasteiger partial charge in [-0.05, 0) is 12.1 Å². The number of benzene rings is 4. The van der Waals surface area contributed by atoms with Crippen LogP contribution in [0.1, 0.15) is 10.4 Å². The van der Waals surface area contributed by atoms with E-state index < -0.39 is 25.7 Å². The van der Waals surface area contributed by atoms with Crippen LogP contribution in [-0.4, -0.2) is 35.9 Å². The maximum absolute atomic E-state index is 10.3. The van der Waals surface area contributed by atoms with Crippen LogP contribution in [0.2, 0.25) is 0 Å². The van der Waals surface area contributed by atoms with Crippen molar-refractivity contribution in [2.24, 2.45) is 0 Å². The van der Waals surface area contributed by atoms with E-state index in [0.29, 0.717) is 0 Å². The normalized spacial score (nSPS) is 10.1. The van der Waals surface area contributed by atoms with Gasteiger partial charge in [0.05, 0.1) is 0 Å². The Labute approximate surface area is 177 Å². The molecule has 0 aliphatic carbocycles. The number of aromatic hydroxyl groups is 1. The molecule has 0 unspecified atom stereocenters. The van der Waals surface area contributed by atoms with E-state index in [-0.39, 0.29) is 11.3 Å². The van der Waals surface area contributed by atoms with E-state index >= 15 is 0 Å². The number of para-hydroxylation sites is 1. The van der Waals surface area contributed by atoms with E-state index in [4.69, 9.17) is 10.2 Å². The molecule has 0 saturated heterocycles. The molecule has 0 fully saturated rings. The van der Waals surface area contributed by atoms with Crippen LogP contribution < -0.4 is 10.7 Å². The van der Waals surface area contributed by atoms with Gasteiger partial charge in [-0.25, -0.2) is 4.79 Å². The van der Waals surface area contributed by atoms with Crippen molar-refractivity contribution in [1.29, 1.82) is 0 Å². The van der Waals surface area contributed by atoms with Gasteiger partial charge in [0.1, 0.15) is 11.3 Å². The second-order valence-corrected chi connectivity index (χ2v) is 13.4. The second kappa shape index (κ2) is 10.5. The molecule has 0 saturated carbocycles. The fourth-order valence-electron chi connectivity index (χ4n) is 2.97. The Bertz CT molecular complexity index is 941. The van der Waals surface area contributed by atoms with Gasteiger partial charge in [-0.1, -0.05) is 12.1 Å². The number of carboxylic acid groups (broad SMARTS) is 1. The first kappa shape index (κ1) is 20.7. The summed E-state index contributed by atoms with van der Waals surface area (Å²) < 4.78 is 4.59. The molecule has 0 aromatic heterocycles. The van der Waals surface area contributed by atoms with Crippen molar-refractivity contribution < 1.29 is 15.0 Å². The van der Waals surface area contributed by atoms with Crippen LogP contribution in [0, 0.1) is 0 Å². The predicted octanol–water partition coefficient (Wildman–Crippen LogP) is 3.29. The van der Waals surface area contributed by atoms with Gasteiger partial charge in [0, 0.05) is 0 Å². The van der Waals surface area contributed by atoms with Gasteiger partial charge in [-0.2, -0.15) is 0 Å². The predicted molar refractivity (Wildman–Crippen MR) is 119 cm³/mol. The third kappa shape index (κ3) is 5.71. The SMILES string of the molecule is O=C(O)c1ccccc1O.c1cc[c]([Sn]([c]2ccccc2)[c]2ccccc2)cc1. The van der Waals surface area contributed by atoms with Gasteiger partial charge < -0.3 is 10.2 Å². The quantitative estimate of drug-likeness (QED) is 0.434. The van der Waals surface area contributed by atoms with E-state index in [1.807, 2.05) is 0 Å².